The first-order valence-corrected chi connectivity index (χ1v) is 7.24. The fraction of sp³-hybridized carbons (Fsp3) is 0. The van der Waals surface area contributed by atoms with Gasteiger partial charge in [0.1, 0.15) is 0 Å². The zero-order valence-electron chi connectivity index (χ0n) is 11.3. The number of benzene rings is 2. The second-order valence-corrected chi connectivity index (χ2v) is 5.50. The van der Waals surface area contributed by atoms with E-state index in [0.29, 0.717) is 5.56 Å². The van der Waals surface area contributed by atoms with Crippen molar-refractivity contribution in [3.63, 3.8) is 0 Å². The first kappa shape index (κ1) is 14.2. The second-order valence-electron chi connectivity index (χ2n) is 4.58. The molecule has 22 heavy (non-hydrogen) atoms. The molecule has 0 fully saturated rings. The molecule has 0 saturated heterocycles. The fourth-order valence-electron chi connectivity index (χ4n) is 1.97. The average Bonchev–Trinajstić information content (AvgIpc) is 2.89. The van der Waals surface area contributed by atoms with Gasteiger partial charge in [-0.2, -0.15) is 5.26 Å². The Morgan fingerprint density at radius 2 is 1.95 bits per heavy atom. The van der Waals surface area contributed by atoms with Gasteiger partial charge >= 0.3 is 5.97 Å². The van der Waals surface area contributed by atoms with E-state index in [2.05, 4.69) is 20.9 Å². The summed E-state index contributed by atoms with van der Waals surface area (Å²) in [5, 5.41) is 8.77. The van der Waals surface area contributed by atoms with E-state index in [1.54, 1.807) is 30.3 Å². The Kier molecular flexibility index (Phi) is 3.86. The molecule has 2 aromatic carbocycles. The molecule has 1 heterocycles. The van der Waals surface area contributed by atoms with Crippen LogP contribution in [0.2, 0.25) is 0 Å². The van der Waals surface area contributed by atoms with Crippen LogP contribution in [0.1, 0.15) is 16.7 Å². The van der Waals surface area contributed by atoms with Crippen molar-refractivity contribution < 1.29 is 9.53 Å². The normalized spacial score (nSPS) is 15.4. The zero-order chi connectivity index (χ0) is 15.5. The van der Waals surface area contributed by atoms with Crippen LogP contribution in [0.5, 0.6) is 0 Å². The molecule has 0 unspecified atom stereocenters. The summed E-state index contributed by atoms with van der Waals surface area (Å²) in [5.74, 6) is -0.203. The number of cyclic esters (lactones) is 1. The summed E-state index contributed by atoms with van der Waals surface area (Å²) in [6.07, 6.45) is 1.63. The SMILES string of the molecule is N#Cc1ccc(/C=C2\N=C(c3cccc(Br)c3)OC2=O)cc1. The van der Waals surface area contributed by atoms with Crippen molar-refractivity contribution in [1.82, 2.24) is 0 Å². The number of esters is 1. The van der Waals surface area contributed by atoms with Crippen LogP contribution in [0.3, 0.4) is 0 Å². The van der Waals surface area contributed by atoms with Crippen LogP contribution in [0.4, 0.5) is 0 Å². The Morgan fingerprint density at radius 3 is 2.64 bits per heavy atom. The third-order valence-electron chi connectivity index (χ3n) is 3.04. The third kappa shape index (κ3) is 2.97. The van der Waals surface area contributed by atoms with Crippen molar-refractivity contribution >= 4 is 33.9 Å². The standard InChI is InChI=1S/C17H9BrN2O2/c18-14-3-1-2-13(9-14)16-20-15(17(21)22-16)8-11-4-6-12(10-19)7-5-11/h1-9H/b15-8-. The second kappa shape index (κ2) is 5.96. The number of carbonyl (C=O) groups is 1. The van der Waals surface area contributed by atoms with E-state index in [1.165, 1.54) is 0 Å². The maximum absolute atomic E-state index is 11.9. The lowest BCUT2D eigenvalue weighted by Crippen LogP contribution is -2.05. The van der Waals surface area contributed by atoms with Gasteiger partial charge in [-0.05, 0) is 42.0 Å². The van der Waals surface area contributed by atoms with Crippen LogP contribution in [0, 0.1) is 11.3 Å². The van der Waals surface area contributed by atoms with Gasteiger partial charge in [0.05, 0.1) is 11.6 Å². The topological polar surface area (TPSA) is 62.4 Å². The molecule has 0 saturated carbocycles. The highest BCUT2D eigenvalue weighted by atomic mass is 79.9. The van der Waals surface area contributed by atoms with Gasteiger partial charge in [-0.15, -0.1) is 0 Å². The summed E-state index contributed by atoms with van der Waals surface area (Å²) in [7, 11) is 0. The van der Waals surface area contributed by atoms with Crippen molar-refractivity contribution in [1.29, 1.82) is 5.26 Å². The van der Waals surface area contributed by atoms with Crippen LogP contribution >= 0.6 is 15.9 Å². The third-order valence-corrected chi connectivity index (χ3v) is 3.53. The predicted molar refractivity (Wildman–Crippen MR) is 85.9 cm³/mol. The number of aliphatic imine (C=N–C) groups is 1. The quantitative estimate of drug-likeness (QED) is 0.611. The summed E-state index contributed by atoms with van der Waals surface area (Å²) >= 11 is 3.37. The summed E-state index contributed by atoms with van der Waals surface area (Å²) < 4.78 is 6.08. The van der Waals surface area contributed by atoms with Gasteiger partial charge in [-0.3, -0.25) is 0 Å². The van der Waals surface area contributed by atoms with E-state index >= 15 is 0 Å². The largest absolute Gasteiger partial charge is 0.402 e. The van der Waals surface area contributed by atoms with E-state index in [1.807, 2.05) is 30.3 Å². The number of carbonyl (C=O) groups excluding carboxylic acids is 1. The molecule has 1 aliphatic heterocycles. The maximum Gasteiger partial charge on any atom is 0.363 e. The molecule has 0 aliphatic carbocycles. The molecule has 0 spiro atoms. The molecule has 4 nitrogen and oxygen atoms in total. The van der Waals surface area contributed by atoms with Crippen LogP contribution in [-0.2, 0) is 9.53 Å². The Balaban J connectivity index is 1.92. The molecule has 1 aliphatic rings. The molecule has 106 valence electrons. The Labute approximate surface area is 135 Å². The maximum atomic E-state index is 11.9. The number of hydrogen-bond donors (Lipinski definition) is 0. The van der Waals surface area contributed by atoms with E-state index in [0.717, 1.165) is 15.6 Å². The highest BCUT2D eigenvalue weighted by molar-refractivity contribution is 9.10. The molecular weight excluding hydrogens is 344 g/mol. The first-order valence-electron chi connectivity index (χ1n) is 6.44. The molecule has 0 N–H and O–H groups in total. The molecular formula is C17H9BrN2O2. The van der Waals surface area contributed by atoms with Crippen molar-refractivity contribution in [3.8, 4) is 6.07 Å². The number of halogens is 1. The number of nitriles is 1. The molecule has 0 amide bonds. The lowest BCUT2D eigenvalue weighted by atomic mass is 10.1. The molecule has 0 radical (unpaired) electrons. The van der Waals surface area contributed by atoms with Gasteiger partial charge in [0.2, 0.25) is 5.90 Å². The zero-order valence-corrected chi connectivity index (χ0v) is 12.9. The minimum Gasteiger partial charge on any atom is -0.402 e. The molecule has 0 aromatic heterocycles. The molecule has 0 atom stereocenters. The van der Waals surface area contributed by atoms with Gasteiger partial charge in [-0.1, -0.05) is 34.1 Å². The Hall–Kier alpha value is -2.71. The van der Waals surface area contributed by atoms with Crippen molar-refractivity contribution in [3.05, 3.63) is 75.4 Å². The summed E-state index contributed by atoms with van der Waals surface area (Å²) in [6, 6.07) is 16.3. The van der Waals surface area contributed by atoms with Crippen LogP contribution in [0.25, 0.3) is 6.08 Å². The molecule has 3 rings (SSSR count). The lowest BCUT2D eigenvalue weighted by Gasteiger charge is -1.99. The Bertz CT molecular complexity index is 846. The first-order chi connectivity index (χ1) is 10.7. The van der Waals surface area contributed by atoms with Crippen molar-refractivity contribution in [2.45, 2.75) is 0 Å². The minimum atomic E-state index is -0.487. The van der Waals surface area contributed by atoms with E-state index < -0.39 is 5.97 Å². The number of hydrogen-bond acceptors (Lipinski definition) is 4. The van der Waals surface area contributed by atoms with E-state index in [4.69, 9.17) is 10.00 Å². The number of ether oxygens (including phenoxy) is 1. The lowest BCUT2D eigenvalue weighted by molar-refractivity contribution is -0.129. The Morgan fingerprint density at radius 1 is 1.18 bits per heavy atom. The smallest absolute Gasteiger partial charge is 0.363 e. The van der Waals surface area contributed by atoms with Crippen molar-refractivity contribution in [2.24, 2.45) is 4.99 Å². The molecule has 2 aromatic rings. The summed E-state index contributed by atoms with van der Waals surface area (Å²) in [5.41, 5.74) is 2.31. The molecule has 0 bridgehead atoms. The van der Waals surface area contributed by atoms with E-state index in [9.17, 15) is 4.79 Å². The predicted octanol–water partition coefficient (Wildman–Crippen LogP) is 3.67. The number of nitrogens with zero attached hydrogens (tertiary/aromatic N) is 2. The highest BCUT2D eigenvalue weighted by Gasteiger charge is 2.24. The fourth-order valence-corrected chi connectivity index (χ4v) is 2.37. The summed E-state index contributed by atoms with van der Waals surface area (Å²) in [4.78, 5) is 16.1. The van der Waals surface area contributed by atoms with Crippen LogP contribution in [0.15, 0.2) is 63.7 Å². The minimum absolute atomic E-state index is 0.236. The van der Waals surface area contributed by atoms with Crippen LogP contribution in [-0.4, -0.2) is 11.9 Å². The van der Waals surface area contributed by atoms with Crippen LogP contribution < -0.4 is 0 Å². The van der Waals surface area contributed by atoms with Gasteiger partial charge in [0.25, 0.3) is 0 Å². The van der Waals surface area contributed by atoms with E-state index in [-0.39, 0.29) is 11.6 Å². The summed E-state index contributed by atoms with van der Waals surface area (Å²) in [6.45, 7) is 0. The van der Waals surface area contributed by atoms with Gasteiger partial charge in [0.15, 0.2) is 5.70 Å². The number of rotatable bonds is 2. The van der Waals surface area contributed by atoms with Crippen molar-refractivity contribution in [2.75, 3.05) is 0 Å². The van der Waals surface area contributed by atoms with Gasteiger partial charge < -0.3 is 4.74 Å². The van der Waals surface area contributed by atoms with Gasteiger partial charge in [-0.25, -0.2) is 9.79 Å². The molecule has 5 heteroatoms. The monoisotopic (exact) mass is 352 g/mol. The van der Waals surface area contributed by atoms with Gasteiger partial charge in [0, 0.05) is 10.0 Å². The highest BCUT2D eigenvalue weighted by Crippen LogP contribution is 2.21. The average molecular weight is 353 g/mol.